The van der Waals surface area contributed by atoms with Gasteiger partial charge < -0.3 is 20.9 Å². The Labute approximate surface area is 151 Å². The number of nitrogen functional groups attached to an aromatic ring is 1. The smallest absolute Gasteiger partial charge is 0.317 e. The number of anilines is 1. The molecule has 0 saturated carbocycles. The lowest BCUT2D eigenvalue weighted by molar-refractivity contribution is 0.143. The molecule has 2 aromatic heterocycles. The van der Waals surface area contributed by atoms with Gasteiger partial charge in [0.05, 0.1) is 0 Å². The molecule has 140 valence electrons. The van der Waals surface area contributed by atoms with Crippen LogP contribution < -0.4 is 16.6 Å². The maximum absolute atomic E-state index is 12.6. The molecule has 1 unspecified atom stereocenters. The summed E-state index contributed by atoms with van der Waals surface area (Å²) in [6.45, 7) is 1.96. The van der Waals surface area contributed by atoms with Crippen LogP contribution in [0.1, 0.15) is 31.5 Å². The number of nitrogens with two attached hydrogens (primary N) is 1. The number of aromatic nitrogens is 4. The molecular formula is C17H25N7O2. The van der Waals surface area contributed by atoms with Crippen molar-refractivity contribution in [2.24, 2.45) is 0 Å². The van der Waals surface area contributed by atoms with Crippen LogP contribution in [0.4, 0.5) is 10.6 Å². The molecule has 9 heteroatoms. The SMILES string of the molecule is Nc1cc(=O)[nH]c(CCNC(=O)N2CCCCC2CCn2cccn2)n1. The number of nitrogens with one attached hydrogen (secondary N) is 2. The summed E-state index contributed by atoms with van der Waals surface area (Å²) in [6, 6.07) is 3.29. The number of aromatic amines is 1. The lowest BCUT2D eigenvalue weighted by Gasteiger charge is -2.35. The zero-order valence-electron chi connectivity index (χ0n) is 14.7. The van der Waals surface area contributed by atoms with Gasteiger partial charge in [0.2, 0.25) is 0 Å². The fourth-order valence-electron chi connectivity index (χ4n) is 3.32. The number of hydrogen-bond donors (Lipinski definition) is 3. The summed E-state index contributed by atoms with van der Waals surface area (Å²) in [5.74, 6) is 0.661. The van der Waals surface area contributed by atoms with Crippen molar-refractivity contribution in [1.82, 2.24) is 30.0 Å². The van der Waals surface area contributed by atoms with Gasteiger partial charge >= 0.3 is 6.03 Å². The number of piperidine rings is 1. The van der Waals surface area contributed by atoms with E-state index in [1.807, 2.05) is 21.8 Å². The van der Waals surface area contributed by atoms with Crippen LogP contribution >= 0.6 is 0 Å². The molecule has 0 aromatic carbocycles. The first-order valence-electron chi connectivity index (χ1n) is 8.99. The van der Waals surface area contributed by atoms with Crippen LogP contribution in [0.3, 0.4) is 0 Å². The first kappa shape index (κ1) is 18.0. The number of H-pyrrole nitrogens is 1. The molecule has 0 spiro atoms. The van der Waals surface area contributed by atoms with Crippen molar-refractivity contribution in [2.75, 3.05) is 18.8 Å². The summed E-state index contributed by atoms with van der Waals surface area (Å²) in [7, 11) is 0. The van der Waals surface area contributed by atoms with Crippen molar-refractivity contribution < 1.29 is 4.79 Å². The van der Waals surface area contributed by atoms with Gasteiger partial charge in [-0.1, -0.05) is 0 Å². The third kappa shape index (κ3) is 4.84. The third-order valence-electron chi connectivity index (χ3n) is 4.59. The first-order chi connectivity index (χ1) is 12.6. The van der Waals surface area contributed by atoms with Gasteiger partial charge in [-0.25, -0.2) is 9.78 Å². The van der Waals surface area contributed by atoms with Gasteiger partial charge in [-0.3, -0.25) is 9.48 Å². The normalized spacial score (nSPS) is 17.2. The Morgan fingerprint density at radius 2 is 2.31 bits per heavy atom. The maximum Gasteiger partial charge on any atom is 0.317 e. The highest BCUT2D eigenvalue weighted by atomic mass is 16.2. The van der Waals surface area contributed by atoms with Crippen molar-refractivity contribution in [3.8, 4) is 0 Å². The highest BCUT2D eigenvalue weighted by molar-refractivity contribution is 5.74. The van der Waals surface area contributed by atoms with E-state index in [9.17, 15) is 9.59 Å². The second-order valence-electron chi connectivity index (χ2n) is 6.50. The summed E-state index contributed by atoms with van der Waals surface area (Å²) < 4.78 is 1.90. The van der Waals surface area contributed by atoms with Gasteiger partial charge in [-0.05, 0) is 31.7 Å². The maximum atomic E-state index is 12.6. The lowest BCUT2D eigenvalue weighted by atomic mass is 10.00. The van der Waals surface area contributed by atoms with Gasteiger partial charge in [0.15, 0.2) is 0 Å². The van der Waals surface area contributed by atoms with E-state index in [4.69, 9.17) is 5.73 Å². The number of amides is 2. The van der Waals surface area contributed by atoms with Crippen LogP contribution in [0, 0.1) is 0 Å². The van der Waals surface area contributed by atoms with Crippen molar-refractivity contribution >= 4 is 11.8 Å². The van der Waals surface area contributed by atoms with E-state index in [-0.39, 0.29) is 23.5 Å². The Kier molecular flexibility index (Phi) is 5.88. The average molecular weight is 359 g/mol. The van der Waals surface area contributed by atoms with E-state index in [0.29, 0.717) is 18.8 Å². The molecule has 0 aliphatic carbocycles. The Bertz CT molecular complexity index is 772. The van der Waals surface area contributed by atoms with Crippen molar-refractivity contribution in [3.63, 3.8) is 0 Å². The van der Waals surface area contributed by atoms with Gasteiger partial charge in [-0.2, -0.15) is 5.10 Å². The van der Waals surface area contributed by atoms with E-state index in [0.717, 1.165) is 38.8 Å². The number of aryl methyl sites for hydroxylation is 1. The van der Waals surface area contributed by atoms with E-state index in [1.54, 1.807) is 6.20 Å². The van der Waals surface area contributed by atoms with E-state index in [1.165, 1.54) is 6.07 Å². The van der Waals surface area contributed by atoms with Crippen LogP contribution in [0.15, 0.2) is 29.3 Å². The zero-order chi connectivity index (χ0) is 18.4. The average Bonchev–Trinajstić information content (AvgIpc) is 3.13. The Morgan fingerprint density at radius 3 is 3.08 bits per heavy atom. The number of urea groups is 1. The van der Waals surface area contributed by atoms with Crippen LogP contribution in [-0.2, 0) is 13.0 Å². The largest absolute Gasteiger partial charge is 0.383 e. The van der Waals surface area contributed by atoms with Crippen molar-refractivity contribution in [2.45, 2.75) is 44.7 Å². The number of carbonyl (C=O) groups excluding carboxylic acids is 1. The number of nitrogens with zero attached hydrogens (tertiary/aromatic N) is 4. The number of rotatable bonds is 6. The zero-order valence-corrected chi connectivity index (χ0v) is 14.7. The van der Waals surface area contributed by atoms with Crippen LogP contribution in [0.25, 0.3) is 0 Å². The van der Waals surface area contributed by atoms with Crippen LogP contribution in [-0.4, -0.2) is 49.8 Å². The molecule has 2 aromatic rings. The molecular weight excluding hydrogens is 334 g/mol. The Balaban J connectivity index is 1.50. The first-order valence-corrected chi connectivity index (χ1v) is 8.99. The van der Waals surface area contributed by atoms with Gasteiger partial charge in [0.1, 0.15) is 11.6 Å². The highest BCUT2D eigenvalue weighted by Crippen LogP contribution is 2.20. The molecule has 2 amide bonds. The second-order valence-corrected chi connectivity index (χ2v) is 6.50. The monoisotopic (exact) mass is 359 g/mol. The summed E-state index contributed by atoms with van der Waals surface area (Å²) >= 11 is 0. The van der Waals surface area contributed by atoms with Gasteiger partial charge in [0, 0.05) is 50.6 Å². The predicted molar refractivity (Wildman–Crippen MR) is 97.6 cm³/mol. The summed E-state index contributed by atoms with van der Waals surface area (Å²) in [6.07, 6.45) is 8.19. The number of hydrogen-bond acceptors (Lipinski definition) is 5. The molecule has 1 fully saturated rings. The molecule has 3 heterocycles. The minimum Gasteiger partial charge on any atom is -0.383 e. The van der Waals surface area contributed by atoms with E-state index >= 15 is 0 Å². The molecule has 0 bridgehead atoms. The molecule has 4 N–H and O–H groups in total. The standard InChI is InChI=1S/C17H25N7O2/c18-14-12-16(25)22-15(21-14)5-8-19-17(26)24-10-2-1-4-13(24)6-11-23-9-3-7-20-23/h3,7,9,12-13H,1-2,4-6,8,10-11H2,(H,19,26)(H3,18,21,22,25). The van der Waals surface area contributed by atoms with Gasteiger partial charge in [0.25, 0.3) is 5.56 Å². The minimum absolute atomic E-state index is 0.0681. The molecule has 1 atom stereocenters. The molecule has 0 radical (unpaired) electrons. The lowest BCUT2D eigenvalue weighted by Crippen LogP contribution is -2.49. The highest BCUT2D eigenvalue weighted by Gasteiger charge is 2.26. The Hall–Kier alpha value is -2.84. The third-order valence-corrected chi connectivity index (χ3v) is 4.59. The molecule has 26 heavy (non-hydrogen) atoms. The molecule has 9 nitrogen and oxygen atoms in total. The summed E-state index contributed by atoms with van der Waals surface area (Å²) in [5.41, 5.74) is 5.28. The molecule has 1 saturated heterocycles. The molecule has 3 rings (SSSR count). The summed E-state index contributed by atoms with van der Waals surface area (Å²) in [4.78, 5) is 32.6. The number of likely N-dealkylation sites (tertiary alicyclic amines) is 1. The topological polar surface area (TPSA) is 122 Å². The van der Waals surface area contributed by atoms with Gasteiger partial charge in [-0.15, -0.1) is 0 Å². The Morgan fingerprint density at radius 1 is 1.42 bits per heavy atom. The predicted octanol–water partition coefficient (Wildman–Crippen LogP) is 0.745. The quantitative estimate of drug-likeness (QED) is 0.702. The fraction of sp³-hybridized carbons (Fsp3) is 0.529. The fourth-order valence-corrected chi connectivity index (χ4v) is 3.32. The minimum atomic E-state index is -0.284. The molecule has 1 aliphatic heterocycles. The summed E-state index contributed by atoms with van der Waals surface area (Å²) in [5, 5.41) is 7.14. The van der Waals surface area contributed by atoms with Crippen molar-refractivity contribution in [1.29, 1.82) is 0 Å². The van der Waals surface area contributed by atoms with E-state index in [2.05, 4.69) is 20.4 Å². The van der Waals surface area contributed by atoms with E-state index < -0.39 is 0 Å². The van der Waals surface area contributed by atoms with Crippen LogP contribution in [0.5, 0.6) is 0 Å². The second kappa shape index (κ2) is 8.50. The number of carbonyl (C=O) groups is 1. The molecule has 1 aliphatic rings. The van der Waals surface area contributed by atoms with Crippen molar-refractivity contribution in [3.05, 3.63) is 40.7 Å². The van der Waals surface area contributed by atoms with Crippen LogP contribution in [0.2, 0.25) is 0 Å².